The minimum atomic E-state index is 0.504. The molecule has 0 aliphatic rings. The number of hydrogen-bond acceptors (Lipinski definition) is 4. The first-order valence-electron chi connectivity index (χ1n) is 6.04. The highest BCUT2D eigenvalue weighted by Crippen LogP contribution is 2.38. The van der Waals surface area contributed by atoms with Crippen molar-refractivity contribution < 1.29 is 9.47 Å². The van der Waals surface area contributed by atoms with Crippen molar-refractivity contribution in [1.29, 1.82) is 0 Å². The fourth-order valence-corrected chi connectivity index (χ4v) is 2.60. The lowest BCUT2D eigenvalue weighted by molar-refractivity contribution is 0.395. The summed E-state index contributed by atoms with van der Waals surface area (Å²) in [5.74, 6) is 1.21. The zero-order valence-corrected chi connectivity index (χ0v) is 13.6. The summed E-state index contributed by atoms with van der Waals surface area (Å²) in [5.41, 5.74) is 2.32. The van der Waals surface area contributed by atoms with Crippen molar-refractivity contribution in [2.45, 2.75) is 0 Å². The summed E-state index contributed by atoms with van der Waals surface area (Å²) in [5, 5.41) is 0.504. The lowest BCUT2D eigenvalue weighted by Gasteiger charge is -2.10. The number of hydrogen-bond donors (Lipinski definition) is 0. The van der Waals surface area contributed by atoms with Gasteiger partial charge < -0.3 is 9.47 Å². The molecule has 1 aromatic carbocycles. The molecular formula is C14H11BrClN3O2. The Morgan fingerprint density at radius 1 is 1.14 bits per heavy atom. The molecule has 0 fully saturated rings. The molecule has 0 radical (unpaired) electrons. The van der Waals surface area contributed by atoms with E-state index in [2.05, 4.69) is 25.9 Å². The van der Waals surface area contributed by atoms with Crippen molar-refractivity contribution in [3.8, 4) is 22.8 Å². The third kappa shape index (κ3) is 2.56. The molecule has 0 amide bonds. The molecule has 0 saturated heterocycles. The van der Waals surface area contributed by atoms with Gasteiger partial charge in [-0.05, 0) is 22.0 Å². The summed E-state index contributed by atoms with van der Waals surface area (Å²) in [7, 11) is 3.16. The Hall–Kier alpha value is -1.79. The van der Waals surface area contributed by atoms with E-state index in [4.69, 9.17) is 21.1 Å². The third-order valence-corrected chi connectivity index (χ3v) is 3.79. The molecular weight excluding hydrogens is 358 g/mol. The topological polar surface area (TPSA) is 48.7 Å². The molecule has 2 heterocycles. The molecule has 3 rings (SSSR count). The standard InChI is InChI=1S/C14H11BrClN3O2/c1-20-11-4-12(21-2)9(16)3-8(11)10-6-19-7-17-13(15)5-14(19)18-10/h3-7H,1-2H3. The molecule has 0 saturated carbocycles. The van der Waals surface area contributed by atoms with Gasteiger partial charge in [-0.25, -0.2) is 9.97 Å². The fraction of sp³-hybridized carbons (Fsp3) is 0.143. The Morgan fingerprint density at radius 2 is 1.90 bits per heavy atom. The van der Waals surface area contributed by atoms with Gasteiger partial charge in [-0.15, -0.1) is 0 Å². The van der Waals surface area contributed by atoms with E-state index in [9.17, 15) is 0 Å². The number of benzene rings is 1. The molecule has 0 N–H and O–H groups in total. The van der Waals surface area contributed by atoms with Crippen LogP contribution in [0.4, 0.5) is 0 Å². The Labute approximate surface area is 134 Å². The van der Waals surface area contributed by atoms with Gasteiger partial charge in [0.25, 0.3) is 0 Å². The molecule has 0 aliphatic heterocycles. The van der Waals surface area contributed by atoms with Gasteiger partial charge in [0.15, 0.2) is 0 Å². The predicted molar refractivity (Wildman–Crippen MR) is 84.2 cm³/mol. The summed E-state index contributed by atoms with van der Waals surface area (Å²) >= 11 is 9.53. The minimum Gasteiger partial charge on any atom is -0.496 e. The van der Waals surface area contributed by atoms with Crippen LogP contribution >= 0.6 is 27.5 Å². The number of halogens is 2. The maximum atomic E-state index is 6.20. The Bertz CT molecular complexity index is 819. The first-order valence-corrected chi connectivity index (χ1v) is 7.21. The number of rotatable bonds is 3. The molecule has 2 aromatic heterocycles. The van der Waals surface area contributed by atoms with Crippen LogP contribution in [-0.4, -0.2) is 28.6 Å². The largest absolute Gasteiger partial charge is 0.496 e. The second kappa shape index (κ2) is 5.54. The van der Waals surface area contributed by atoms with Crippen LogP contribution in [0.2, 0.25) is 5.02 Å². The van der Waals surface area contributed by atoms with Gasteiger partial charge in [0.2, 0.25) is 0 Å². The zero-order chi connectivity index (χ0) is 15.0. The van der Waals surface area contributed by atoms with E-state index in [-0.39, 0.29) is 0 Å². The van der Waals surface area contributed by atoms with Crippen molar-refractivity contribution in [1.82, 2.24) is 14.4 Å². The van der Waals surface area contributed by atoms with Gasteiger partial charge in [-0.1, -0.05) is 11.6 Å². The Morgan fingerprint density at radius 3 is 2.62 bits per heavy atom. The van der Waals surface area contributed by atoms with Crippen molar-refractivity contribution in [3.05, 3.63) is 40.3 Å². The van der Waals surface area contributed by atoms with Gasteiger partial charge >= 0.3 is 0 Å². The third-order valence-electron chi connectivity index (χ3n) is 3.06. The minimum absolute atomic E-state index is 0.504. The highest BCUT2D eigenvalue weighted by atomic mass is 79.9. The fourth-order valence-electron chi connectivity index (χ4n) is 2.06. The zero-order valence-electron chi connectivity index (χ0n) is 11.3. The highest BCUT2D eigenvalue weighted by Gasteiger charge is 2.14. The summed E-state index contributed by atoms with van der Waals surface area (Å²) in [4.78, 5) is 8.73. The van der Waals surface area contributed by atoms with E-state index in [1.807, 2.05) is 16.7 Å². The Kier molecular flexibility index (Phi) is 3.73. The Balaban J connectivity index is 2.19. The molecule has 108 valence electrons. The van der Waals surface area contributed by atoms with E-state index in [1.165, 1.54) is 0 Å². The molecule has 3 aromatic rings. The first-order chi connectivity index (χ1) is 10.1. The van der Waals surface area contributed by atoms with Crippen molar-refractivity contribution in [2.75, 3.05) is 14.2 Å². The second-order valence-corrected chi connectivity index (χ2v) is 5.51. The van der Waals surface area contributed by atoms with Crippen LogP contribution in [0.3, 0.4) is 0 Å². The van der Waals surface area contributed by atoms with Crippen LogP contribution in [0, 0.1) is 0 Å². The van der Waals surface area contributed by atoms with E-state index in [0.29, 0.717) is 16.5 Å². The van der Waals surface area contributed by atoms with Gasteiger partial charge in [0.1, 0.15) is 28.1 Å². The normalized spacial score (nSPS) is 10.9. The summed E-state index contributed by atoms with van der Waals surface area (Å²) in [6.45, 7) is 0. The molecule has 0 aliphatic carbocycles. The molecule has 0 atom stereocenters. The number of ether oxygens (including phenoxy) is 2. The van der Waals surface area contributed by atoms with Crippen molar-refractivity contribution in [3.63, 3.8) is 0 Å². The average Bonchev–Trinajstić information content (AvgIpc) is 2.89. The SMILES string of the molecule is COc1cc(OC)c(-c2cn3cnc(Br)cc3n2)cc1Cl. The second-order valence-electron chi connectivity index (χ2n) is 4.29. The van der Waals surface area contributed by atoms with Crippen LogP contribution in [0.25, 0.3) is 16.9 Å². The molecule has 5 nitrogen and oxygen atoms in total. The van der Waals surface area contributed by atoms with Gasteiger partial charge in [-0.3, -0.25) is 4.40 Å². The maximum Gasteiger partial charge on any atom is 0.141 e. The molecule has 0 unspecified atom stereocenters. The molecule has 0 bridgehead atoms. The predicted octanol–water partition coefficient (Wildman–Crippen LogP) is 3.83. The van der Waals surface area contributed by atoms with Gasteiger partial charge in [0.05, 0.1) is 24.9 Å². The van der Waals surface area contributed by atoms with Crippen LogP contribution in [0.1, 0.15) is 0 Å². The first kappa shape index (κ1) is 14.2. The smallest absolute Gasteiger partial charge is 0.141 e. The van der Waals surface area contributed by atoms with Crippen molar-refractivity contribution in [2.24, 2.45) is 0 Å². The van der Waals surface area contributed by atoms with E-state index in [0.717, 1.165) is 21.5 Å². The lowest BCUT2D eigenvalue weighted by atomic mass is 10.1. The number of nitrogens with zero attached hydrogens (tertiary/aromatic N) is 3. The molecule has 21 heavy (non-hydrogen) atoms. The van der Waals surface area contributed by atoms with Crippen molar-refractivity contribution >= 4 is 33.2 Å². The van der Waals surface area contributed by atoms with Crippen LogP contribution in [-0.2, 0) is 0 Å². The number of fused-ring (bicyclic) bond motifs is 1. The molecule has 0 spiro atoms. The van der Waals surface area contributed by atoms with E-state index in [1.54, 1.807) is 32.7 Å². The van der Waals surface area contributed by atoms with Gasteiger partial charge in [-0.2, -0.15) is 0 Å². The maximum absolute atomic E-state index is 6.20. The summed E-state index contributed by atoms with van der Waals surface area (Å²) in [6, 6.07) is 5.36. The van der Waals surface area contributed by atoms with E-state index < -0.39 is 0 Å². The summed E-state index contributed by atoms with van der Waals surface area (Å²) in [6.07, 6.45) is 3.56. The number of aromatic nitrogens is 3. The quantitative estimate of drug-likeness (QED) is 0.659. The summed E-state index contributed by atoms with van der Waals surface area (Å²) < 4.78 is 13.2. The van der Waals surface area contributed by atoms with Gasteiger partial charge in [0, 0.05) is 23.9 Å². The lowest BCUT2D eigenvalue weighted by Crippen LogP contribution is -1.91. The highest BCUT2D eigenvalue weighted by molar-refractivity contribution is 9.10. The number of methoxy groups -OCH3 is 2. The number of imidazole rings is 1. The van der Waals surface area contributed by atoms with Crippen LogP contribution in [0.5, 0.6) is 11.5 Å². The van der Waals surface area contributed by atoms with Crippen LogP contribution < -0.4 is 9.47 Å². The average molecular weight is 369 g/mol. The van der Waals surface area contributed by atoms with Crippen LogP contribution in [0.15, 0.2) is 35.3 Å². The monoisotopic (exact) mass is 367 g/mol. The molecule has 7 heteroatoms. The van der Waals surface area contributed by atoms with E-state index >= 15 is 0 Å².